The van der Waals surface area contributed by atoms with Crippen LogP contribution in [-0.2, 0) is 9.84 Å². The number of sulfone groups is 1. The number of nitrogens with two attached hydrogens (primary N) is 1. The van der Waals surface area contributed by atoms with Crippen molar-refractivity contribution in [1.82, 2.24) is 0 Å². The summed E-state index contributed by atoms with van der Waals surface area (Å²) in [6.07, 6.45) is 0.884. The monoisotopic (exact) mass is 298 g/mol. The van der Waals surface area contributed by atoms with Gasteiger partial charge in [-0.3, -0.25) is 0 Å². The Hall–Kier alpha value is -1.03. The number of hydrogen-bond acceptors (Lipinski definition) is 5. The third-order valence-corrected chi connectivity index (χ3v) is 5.53. The van der Waals surface area contributed by atoms with Crippen LogP contribution in [0.25, 0.3) is 0 Å². The van der Waals surface area contributed by atoms with Gasteiger partial charge in [-0.1, -0.05) is 6.07 Å². The SMILES string of the molecule is CC(N)CCSCCS(=O)(=O)c1cccc(C#N)c1. The topological polar surface area (TPSA) is 84.0 Å². The summed E-state index contributed by atoms with van der Waals surface area (Å²) in [6, 6.07) is 8.23. The van der Waals surface area contributed by atoms with E-state index in [0.717, 1.165) is 12.2 Å². The number of nitriles is 1. The summed E-state index contributed by atoms with van der Waals surface area (Å²) in [5.74, 6) is 1.50. The molecule has 0 saturated heterocycles. The summed E-state index contributed by atoms with van der Waals surface area (Å²) in [6.45, 7) is 1.94. The summed E-state index contributed by atoms with van der Waals surface area (Å²) in [5.41, 5.74) is 5.99. The maximum absolute atomic E-state index is 12.0. The zero-order valence-electron chi connectivity index (χ0n) is 10.9. The first kappa shape index (κ1) is 16.0. The van der Waals surface area contributed by atoms with E-state index in [2.05, 4.69) is 0 Å². The molecule has 0 spiro atoms. The van der Waals surface area contributed by atoms with Gasteiger partial charge in [0, 0.05) is 11.8 Å². The number of benzene rings is 1. The Morgan fingerprint density at radius 1 is 1.42 bits per heavy atom. The van der Waals surface area contributed by atoms with Crippen LogP contribution < -0.4 is 5.73 Å². The lowest BCUT2D eigenvalue weighted by Crippen LogP contribution is -2.16. The number of thioether (sulfide) groups is 1. The van der Waals surface area contributed by atoms with Gasteiger partial charge in [0.25, 0.3) is 0 Å². The van der Waals surface area contributed by atoms with E-state index >= 15 is 0 Å². The zero-order valence-corrected chi connectivity index (χ0v) is 12.5. The van der Waals surface area contributed by atoms with Gasteiger partial charge < -0.3 is 5.73 Å². The molecule has 6 heteroatoms. The van der Waals surface area contributed by atoms with Gasteiger partial charge in [0.15, 0.2) is 9.84 Å². The number of rotatable bonds is 7. The molecule has 104 valence electrons. The van der Waals surface area contributed by atoms with E-state index in [0.29, 0.717) is 11.3 Å². The lowest BCUT2D eigenvalue weighted by atomic mass is 10.2. The molecule has 0 aromatic heterocycles. The second-order valence-corrected chi connectivity index (χ2v) is 7.67. The van der Waals surface area contributed by atoms with Gasteiger partial charge in [-0.05, 0) is 37.3 Å². The van der Waals surface area contributed by atoms with Gasteiger partial charge in [0.1, 0.15) is 0 Å². The summed E-state index contributed by atoms with van der Waals surface area (Å²) in [5, 5.41) is 8.77. The van der Waals surface area contributed by atoms with Crippen molar-refractivity contribution in [3.05, 3.63) is 29.8 Å². The summed E-state index contributed by atoms with van der Waals surface area (Å²) >= 11 is 1.59. The van der Waals surface area contributed by atoms with Crippen LogP contribution in [0.2, 0.25) is 0 Å². The zero-order chi connectivity index (χ0) is 14.3. The standard InChI is InChI=1S/C13H18N2O2S2/c1-11(15)5-6-18-7-8-19(16,17)13-4-2-3-12(9-13)10-14/h2-4,9,11H,5-8,15H2,1H3. The molecule has 1 unspecified atom stereocenters. The maximum atomic E-state index is 12.0. The molecule has 1 aromatic rings. The molecular weight excluding hydrogens is 280 g/mol. The average molecular weight is 298 g/mol. The quantitative estimate of drug-likeness (QED) is 0.776. The Bertz CT molecular complexity index is 548. The highest BCUT2D eigenvalue weighted by molar-refractivity contribution is 8.00. The van der Waals surface area contributed by atoms with Crippen molar-refractivity contribution in [1.29, 1.82) is 5.26 Å². The van der Waals surface area contributed by atoms with Crippen LogP contribution in [0.3, 0.4) is 0 Å². The lowest BCUT2D eigenvalue weighted by molar-refractivity contribution is 0.597. The highest BCUT2D eigenvalue weighted by Crippen LogP contribution is 2.15. The summed E-state index contributed by atoms with van der Waals surface area (Å²) in [4.78, 5) is 0.222. The Morgan fingerprint density at radius 3 is 2.79 bits per heavy atom. The van der Waals surface area contributed by atoms with Gasteiger partial charge in [0.2, 0.25) is 0 Å². The van der Waals surface area contributed by atoms with Crippen molar-refractivity contribution in [2.75, 3.05) is 17.3 Å². The molecule has 0 saturated carbocycles. The number of hydrogen-bond donors (Lipinski definition) is 1. The van der Waals surface area contributed by atoms with E-state index < -0.39 is 9.84 Å². The molecule has 1 rings (SSSR count). The van der Waals surface area contributed by atoms with Gasteiger partial charge in [-0.15, -0.1) is 0 Å². The first-order valence-corrected chi connectivity index (χ1v) is 8.82. The third kappa shape index (κ3) is 5.64. The minimum atomic E-state index is -3.30. The second kappa shape index (κ2) is 7.53. The van der Waals surface area contributed by atoms with Crippen molar-refractivity contribution in [3.63, 3.8) is 0 Å². The largest absolute Gasteiger partial charge is 0.328 e. The second-order valence-electron chi connectivity index (χ2n) is 4.34. The highest BCUT2D eigenvalue weighted by Gasteiger charge is 2.14. The van der Waals surface area contributed by atoms with E-state index in [-0.39, 0.29) is 16.7 Å². The van der Waals surface area contributed by atoms with E-state index in [1.807, 2.05) is 13.0 Å². The van der Waals surface area contributed by atoms with Crippen LogP contribution in [0.4, 0.5) is 0 Å². The van der Waals surface area contributed by atoms with Crippen LogP contribution >= 0.6 is 11.8 Å². The Labute approximate surface area is 118 Å². The summed E-state index contributed by atoms with van der Waals surface area (Å²) < 4.78 is 24.1. The fourth-order valence-electron chi connectivity index (χ4n) is 1.42. The molecule has 0 aliphatic heterocycles. The van der Waals surface area contributed by atoms with Crippen LogP contribution in [0, 0.1) is 11.3 Å². The van der Waals surface area contributed by atoms with Crippen molar-refractivity contribution in [3.8, 4) is 6.07 Å². The molecule has 0 radical (unpaired) electrons. The first-order valence-electron chi connectivity index (χ1n) is 6.02. The summed E-state index contributed by atoms with van der Waals surface area (Å²) in [7, 11) is -3.30. The van der Waals surface area contributed by atoms with Gasteiger partial charge >= 0.3 is 0 Å². The highest BCUT2D eigenvalue weighted by atomic mass is 32.2. The number of nitrogens with zero attached hydrogens (tertiary/aromatic N) is 1. The molecule has 2 N–H and O–H groups in total. The molecule has 4 nitrogen and oxygen atoms in total. The third-order valence-electron chi connectivity index (χ3n) is 2.54. The average Bonchev–Trinajstić information content (AvgIpc) is 2.38. The minimum absolute atomic E-state index is 0.0888. The van der Waals surface area contributed by atoms with Crippen LogP contribution in [0.15, 0.2) is 29.2 Å². The molecule has 1 atom stereocenters. The van der Waals surface area contributed by atoms with Crippen molar-refractivity contribution >= 4 is 21.6 Å². The molecule has 0 amide bonds. The molecular formula is C13H18N2O2S2. The Balaban J connectivity index is 2.54. The van der Waals surface area contributed by atoms with Crippen molar-refractivity contribution in [2.24, 2.45) is 5.73 Å². The lowest BCUT2D eigenvalue weighted by Gasteiger charge is -2.06. The van der Waals surface area contributed by atoms with Crippen LogP contribution in [0.5, 0.6) is 0 Å². The predicted octanol–water partition coefficient (Wildman–Crippen LogP) is 1.80. The molecule has 0 aliphatic rings. The first-order chi connectivity index (χ1) is 8.95. The smallest absolute Gasteiger partial charge is 0.179 e. The molecule has 0 heterocycles. The van der Waals surface area contributed by atoms with Gasteiger partial charge in [0.05, 0.1) is 22.3 Å². The Morgan fingerprint density at radius 2 is 2.16 bits per heavy atom. The predicted molar refractivity (Wildman–Crippen MR) is 78.8 cm³/mol. The van der Waals surface area contributed by atoms with E-state index in [4.69, 9.17) is 11.0 Å². The van der Waals surface area contributed by atoms with Crippen molar-refractivity contribution < 1.29 is 8.42 Å². The molecule has 19 heavy (non-hydrogen) atoms. The van der Waals surface area contributed by atoms with Crippen LogP contribution in [0.1, 0.15) is 18.9 Å². The van der Waals surface area contributed by atoms with E-state index in [1.54, 1.807) is 23.9 Å². The minimum Gasteiger partial charge on any atom is -0.328 e. The molecule has 0 bridgehead atoms. The van der Waals surface area contributed by atoms with Crippen molar-refractivity contribution in [2.45, 2.75) is 24.3 Å². The molecule has 0 aliphatic carbocycles. The molecule has 1 aromatic carbocycles. The van der Waals surface area contributed by atoms with Gasteiger partial charge in [-0.2, -0.15) is 17.0 Å². The fourth-order valence-corrected chi connectivity index (χ4v) is 4.34. The molecule has 0 fully saturated rings. The van der Waals surface area contributed by atoms with Crippen LogP contribution in [-0.4, -0.2) is 31.7 Å². The fraction of sp³-hybridized carbons (Fsp3) is 0.462. The Kier molecular flexibility index (Phi) is 6.35. The van der Waals surface area contributed by atoms with E-state index in [9.17, 15) is 8.42 Å². The van der Waals surface area contributed by atoms with Gasteiger partial charge in [-0.25, -0.2) is 8.42 Å². The normalized spacial score (nSPS) is 12.9. The maximum Gasteiger partial charge on any atom is 0.179 e. The van der Waals surface area contributed by atoms with E-state index in [1.165, 1.54) is 12.1 Å².